The first-order valence-electron chi connectivity index (χ1n) is 7.32. The van der Waals surface area contributed by atoms with Gasteiger partial charge >= 0.3 is 6.68 Å². The third kappa shape index (κ3) is 6.55. The Morgan fingerprint density at radius 2 is 0.920 bits per heavy atom. The summed E-state index contributed by atoms with van der Waals surface area (Å²) < 4.78 is 34.2. The van der Waals surface area contributed by atoms with Crippen LogP contribution in [-0.2, 0) is 13.5 Å². The van der Waals surface area contributed by atoms with Crippen molar-refractivity contribution in [1.29, 1.82) is 0 Å². The second kappa shape index (κ2) is 10.5. The number of halogens is 3. The molecule has 0 aromatic heterocycles. The standard InChI is InChI=1S/C19H16O.CHF3.H2S/c1-20-19-13-11-18(12-14-19)17-9-7-16(8-10-17)15-5-3-2-4-6-15;2-1(3)4;/h2-14H,1H3;1H;1H2/p+1. The lowest BCUT2D eigenvalue weighted by Crippen LogP contribution is -1.83. The van der Waals surface area contributed by atoms with E-state index < -0.39 is 6.68 Å². The van der Waals surface area contributed by atoms with Crippen LogP contribution in [0.3, 0.4) is 0 Å². The minimum Gasteiger partial charge on any atom is -0.497 e. The van der Waals surface area contributed by atoms with Gasteiger partial charge in [-0.1, -0.05) is 80.2 Å². The Morgan fingerprint density at radius 1 is 0.600 bits per heavy atom. The molecule has 0 spiro atoms. The highest BCUT2D eigenvalue weighted by Crippen LogP contribution is 2.26. The molecule has 0 fully saturated rings. The zero-order valence-corrected chi connectivity index (χ0v) is 14.9. The topological polar surface area (TPSA) is 9.23 Å². The van der Waals surface area contributed by atoms with E-state index in [2.05, 4.69) is 60.7 Å². The highest BCUT2D eigenvalue weighted by atomic mass is 32.1. The van der Waals surface area contributed by atoms with E-state index in [1.807, 2.05) is 18.2 Å². The average molecular weight is 365 g/mol. The summed E-state index contributed by atoms with van der Waals surface area (Å²) in [5.74, 6) is 0.884. The van der Waals surface area contributed by atoms with Crippen molar-refractivity contribution in [3.05, 3.63) is 78.9 Å². The van der Waals surface area contributed by atoms with Crippen molar-refractivity contribution in [2.75, 3.05) is 7.11 Å². The van der Waals surface area contributed by atoms with Crippen LogP contribution in [0.15, 0.2) is 78.9 Å². The maximum atomic E-state index is 9.67. The molecule has 25 heavy (non-hydrogen) atoms. The van der Waals surface area contributed by atoms with Gasteiger partial charge in [0.1, 0.15) is 5.75 Å². The molecule has 5 heteroatoms. The van der Waals surface area contributed by atoms with Crippen LogP contribution >= 0.6 is 0 Å². The number of alkyl halides is 3. The molecule has 0 heterocycles. The number of hydrogen-bond donors (Lipinski definition) is 0. The Labute approximate surface area is 152 Å². The van der Waals surface area contributed by atoms with Crippen LogP contribution < -0.4 is 4.74 Å². The molecule has 0 atom stereocenters. The smallest absolute Gasteiger partial charge is 0.379 e. The quantitative estimate of drug-likeness (QED) is 0.565. The van der Waals surface area contributed by atoms with Gasteiger partial charge in [0.05, 0.1) is 7.11 Å². The highest BCUT2D eigenvalue weighted by Gasteiger charge is 2.00. The van der Waals surface area contributed by atoms with Gasteiger partial charge < -0.3 is 4.74 Å². The molecule has 0 unspecified atom stereocenters. The highest BCUT2D eigenvalue weighted by molar-refractivity contribution is 7.37. The van der Waals surface area contributed by atoms with Crippen molar-refractivity contribution in [3.8, 4) is 28.0 Å². The minimum atomic E-state index is -3.67. The van der Waals surface area contributed by atoms with Gasteiger partial charge in [-0.2, -0.15) is 13.2 Å². The summed E-state index contributed by atoms with van der Waals surface area (Å²) >= 11 is 0. The van der Waals surface area contributed by atoms with Gasteiger partial charge in [-0.3, -0.25) is 0 Å². The summed E-state index contributed by atoms with van der Waals surface area (Å²) in [6.07, 6.45) is 0. The van der Waals surface area contributed by atoms with Gasteiger partial charge in [-0.05, 0) is 34.4 Å². The molecule has 0 aliphatic carbocycles. The number of rotatable bonds is 3. The first-order valence-corrected chi connectivity index (χ1v) is 7.32. The number of hydrogen-bond acceptors (Lipinski definition) is 1. The fourth-order valence-electron chi connectivity index (χ4n) is 2.27. The number of ether oxygens (including phenoxy) is 1. The van der Waals surface area contributed by atoms with E-state index in [1.165, 1.54) is 22.3 Å². The maximum Gasteiger partial charge on any atom is 0.379 e. The van der Waals surface area contributed by atoms with Crippen LogP contribution in [0.4, 0.5) is 13.2 Å². The molecule has 0 saturated heterocycles. The second-order valence-corrected chi connectivity index (χ2v) is 4.92. The Hall–Kier alpha value is -2.40. The van der Waals surface area contributed by atoms with E-state index in [0.717, 1.165) is 5.75 Å². The minimum absolute atomic E-state index is 0. The second-order valence-electron chi connectivity index (χ2n) is 4.92. The van der Waals surface area contributed by atoms with Crippen molar-refractivity contribution in [3.63, 3.8) is 0 Å². The maximum absolute atomic E-state index is 9.67. The molecule has 3 rings (SSSR count). The largest absolute Gasteiger partial charge is 0.497 e. The van der Waals surface area contributed by atoms with Gasteiger partial charge in [-0.25, -0.2) is 0 Å². The molecule has 0 aliphatic rings. The van der Waals surface area contributed by atoms with Crippen LogP contribution in [0.2, 0.25) is 0 Å². The van der Waals surface area contributed by atoms with Crippen LogP contribution in [0.1, 0.15) is 0 Å². The van der Waals surface area contributed by atoms with Crippen LogP contribution in [0.25, 0.3) is 22.3 Å². The Bertz CT molecular complexity index is 726. The van der Waals surface area contributed by atoms with Crippen molar-refractivity contribution in [1.82, 2.24) is 0 Å². The van der Waals surface area contributed by atoms with Gasteiger partial charge in [0, 0.05) is 0 Å². The van der Waals surface area contributed by atoms with E-state index >= 15 is 0 Å². The van der Waals surface area contributed by atoms with Crippen LogP contribution in [0, 0.1) is 0 Å². The summed E-state index contributed by atoms with van der Waals surface area (Å²) in [5, 5.41) is 0. The molecular formula is C20H20F3OS+. The molecule has 3 aromatic carbocycles. The van der Waals surface area contributed by atoms with Crippen LogP contribution in [-0.4, -0.2) is 13.8 Å². The molecule has 0 N–H and O–H groups in total. The predicted molar refractivity (Wildman–Crippen MR) is 103 cm³/mol. The monoisotopic (exact) mass is 365 g/mol. The molecular weight excluding hydrogens is 345 g/mol. The SMILES string of the molecule is COc1ccc(-c2ccc(-c3ccccc3)cc2)cc1.FC(F)F.[SH3+]. The summed E-state index contributed by atoms with van der Waals surface area (Å²) in [5.41, 5.74) is 4.90. The van der Waals surface area contributed by atoms with E-state index in [9.17, 15) is 13.2 Å². The third-order valence-electron chi connectivity index (χ3n) is 3.42. The fraction of sp³-hybridized carbons (Fsp3) is 0.100. The summed E-state index contributed by atoms with van der Waals surface area (Å²) in [7, 11) is 1.68. The first kappa shape index (κ1) is 20.6. The Kier molecular flexibility index (Phi) is 8.64. The third-order valence-corrected chi connectivity index (χ3v) is 3.42. The molecule has 0 amide bonds. The lowest BCUT2D eigenvalue weighted by atomic mass is 10.0. The van der Waals surface area contributed by atoms with Crippen molar-refractivity contribution < 1.29 is 17.9 Å². The van der Waals surface area contributed by atoms with E-state index in [1.54, 1.807) is 7.11 Å². The first-order chi connectivity index (χ1) is 11.6. The molecule has 1 nitrogen and oxygen atoms in total. The molecule has 132 valence electrons. The summed E-state index contributed by atoms with van der Waals surface area (Å²) in [4.78, 5) is 0. The van der Waals surface area contributed by atoms with Gasteiger partial charge in [0.15, 0.2) is 0 Å². The van der Waals surface area contributed by atoms with Gasteiger partial charge in [-0.15, -0.1) is 0 Å². The van der Waals surface area contributed by atoms with E-state index in [0.29, 0.717) is 0 Å². The van der Waals surface area contributed by atoms with E-state index in [4.69, 9.17) is 4.74 Å². The summed E-state index contributed by atoms with van der Waals surface area (Å²) in [6, 6.07) is 27.2. The van der Waals surface area contributed by atoms with Crippen molar-refractivity contribution in [2.45, 2.75) is 6.68 Å². The predicted octanol–water partition coefficient (Wildman–Crippen LogP) is 5.40. The number of benzene rings is 3. The Morgan fingerprint density at radius 3 is 1.28 bits per heavy atom. The zero-order chi connectivity index (χ0) is 17.4. The summed E-state index contributed by atoms with van der Waals surface area (Å²) in [6.45, 7) is -3.67. The Balaban J connectivity index is 0.000000568. The van der Waals surface area contributed by atoms with Crippen LogP contribution in [0.5, 0.6) is 5.75 Å². The molecule has 0 aliphatic heterocycles. The normalized spacial score (nSPS) is 9.64. The molecule has 0 saturated carbocycles. The molecule has 3 aromatic rings. The lowest BCUT2D eigenvalue weighted by molar-refractivity contribution is 0.00819. The molecule has 0 radical (unpaired) electrons. The average Bonchev–Trinajstić information content (AvgIpc) is 2.62. The van der Waals surface area contributed by atoms with Crippen molar-refractivity contribution >= 4 is 13.5 Å². The van der Waals surface area contributed by atoms with Crippen molar-refractivity contribution in [2.24, 2.45) is 0 Å². The van der Waals surface area contributed by atoms with Gasteiger partial charge in [0.25, 0.3) is 0 Å². The van der Waals surface area contributed by atoms with E-state index in [-0.39, 0.29) is 13.5 Å². The zero-order valence-electron chi connectivity index (χ0n) is 13.7. The lowest BCUT2D eigenvalue weighted by Gasteiger charge is -2.06. The molecule has 0 bridgehead atoms. The number of methoxy groups -OCH3 is 1. The fourth-order valence-corrected chi connectivity index (χ4v) is 2.27. The van der Waals surface area contributed by atoms with Gasteiger partial charge in [0.2, 0.25) is 0 Å².